The minimum atomic E-state index is 0.0619. The largest absolute Gasteiger partial charge is 0.338 e. The smallest absolute Gasteiger partial charge is 0.221 e. The van der Waals surface area contributed by atoms with Crippen LogP contribution >= 0.6 is 0 Å². The summed E-state index contributed by atoms with van der Waals surface area (Å²) in [6.07, 6.45) is 23.1. The topological polar surface area (TPSA) is 44.7 Å². The highest BCUT2D eigenvalue weighted by atomic mass is 16.1. The molecular formula is C25H47N3O. The second-order valence-electron chi connectivity index (χ2n) is 8.42. The van der Waals surface area contributed by atoms with Crippen molar-refractivity contribution in [2.75, 3.05) is 13.1 Å². The molecule has 0 fully saturated rings. The second-order valence-corrected chi connectivity index (χ2v) is 8.42. The Kier molecular flexibility index (Phi) is 15.5. The standard InChI is InChI=1S/C25H47N3O/c1-4-6-7-8-9-10-11-12-13-14-15-16-17-18-19-20-25(29)27-23(3)28-22-21-26-24(28)5-2/h12-13,23H,4-11,14-22H2,1-3H3,(H,27,29)/b13-12-. The van der Waals surface area contributed by atoms with Crippen LogP contribution in [0.25, 0.3) is 0 Å². The number of hydrogen-bond acceptors (Lipinski definition) is 3. The Morgan fingerprint density at radius 2 is 1.55 bits per heavy atom. The van der Waals surface area contributed by atoms with E-state index in [1.165, 1.54) is 70.6 Å². The predicted molar refractivity (Wildman–Crippen MR) is 126 cm³/mol. The summed E-state index contributed by atoms with van der Waals surface area (Å²) in [6.45, 7) is 8.25. The fraction of sp³-hybridized carbons (Fsp3) is 0.840. The number of allylic oxidation sites excluding steroid dienone is 2. The number of hydrogen-bond donors (Lipinski definition) is 1. The number of nitrogens with zero attached hydrogens (tertiary/aromatic N) is 2. The number of rotatable bonds is 18. The molecule has 1 amide bonds. The molecule has 1 unspecified atom stereocenters. The molecule has 1 rings (SSSR count). The van der Waals surface area contributed by atoms with Crippen molar-refractivity contribution < 1.29 is 4.79 Å². The van der Waals surface area contributed by atoms with Gasteiger partial charge in [0.25, 0.3) is 0 Å². The van der Waals surface area contributed by atoms with E-state index in [0.717, 1.165) is 38.2 Å². The van der Waals surface area contributed by atoms with E-state index in [1.54, 1.807) is 0 Å². The fourth-order valence-corrected chi connectivity index (χ4v) is 3.98. The van der Waals surface area contributed by atoms with Gasteiger partial charge in [0.15, 0.2) is 0 Å². The first-order chi connectivity index (χ1) is 14.2. The summed E-state index contributed by atoms with van der Waals surface area (Å²) in [7, 11) is 0. The average molecular weight is 406 g/mol. The van der Waals surface area contributed by atoms with Gasteiger partial charge in [0.2, 0.25) is 5.91 Å². The summed E-state index contributed by atoms with van der Waals surface area (Å²) in [6, 6.07) is 0. The van der Waals surface area contributed by atoms with Gasteiger partial charge in [-0.05, 0) is 39.0 Å². The molecule has 1 atom stereocenters. The normalized spacial score (nSPS) is 15.1. The lowest BCUT2D eigenvalue weighted by Crippen LogP contribution is -2.47. The SMILES string of the molecule is CCCCCCCC/C=C\CCCCCCCC(=O)NC(C)N1CCN=C1CC. The van der Waals surface area contributed by atoms with Gasteiger partial charge >= 0.3 is 0 Å². The third-order valence-electron chi connectivity index (χ3n) is 5.79. The molecule has 0 spiro atoms. The van der Waals surface area contributed by atoms with Crippen molar-refractivity contribution in [2.24, 2.45) is 4.99 Å². The zero-order valence-corrected chi connectivity index (χ0v) is 19.6. The molecule has 0 saturated heterocycles. The maximum atomic E-state index is 12.2. The van der Waals surface area contributed by atoms with Crippen LogP contribution in [0.4, 0.5) is 0 Å². The molecule has 0 aromatic rings. The molecule has 1 aliphatic rings. The Hall–Kier alpha value is -1.32. The van der Waals surface area contributed by atoms with Gasteiger partial charge in [-0.25, -0.2) is 0 Å². The summed E-state index contributed by atoms with van der Waals surface area (Å²) < 4.78 is 0. The van der Waals surface area contributed by atoms with E-state index < -0.39 is 0 Å². The zero-order chi connectivity index (χ0) is 21.2. The molecule has 4 nitrogen and oxygen atoms in total. The quantitative estimate of drug-likeness (QED) is 0.206. The molecule has 0 bridgehead atoms. The minimum absolute atomic E-state index is 0.0619. The van der Waals surface area contributed by atoms with Gasteiger partial charge in [-0.15, -0.1) is 0 Å². The molecule has 0 aliphatic carbocycles. The predicted octanol–water partition coefficient (Wildman–Crippen LogP) is 6.61. The second kappa shape index (κ2) is 17.5. The minimum Gasteiger partial charge on any atom is -0.338 e. The van der Waals surface area contributed by atoms with E-state index in [1.807, 2.05) is 0 Å². The summed E-state index contributed by atoms with van der Waals surface area (Å²) in [4.78, 5) is 18.9. The van der Waals surface area contributed by atoms with Crippen LogP contribution in [-0.4, -0.2) is 35.9 Å². The molecule has 168 valence electrons. The van der Waals surface area contributed by atoms with E-state index >= 15 is 0 Å². The number of aliphatic imine (C=N–C) groups is 1. The van der Waals surface area contributed by atoms with Crippen LogP contribution in [0.1, 0.15) is 117 Å². The zero-order valence-electron chi connectivity index (χ0n) is 19.6. The van der Waals surface area contributed by atoms with E-state index in [9.17, 15) is 4.79 Å². The molecule has 29 heavy (non-hydrogen) atoms. The van der Waals surface area contributed by atoms with Gasteiger partial charge < -0.3 is 10.2 Å². The first-order valence-electron chi connectivity index (χ1n) is 12.4. The van der Waals surface area contributed by atoms with Crippen molar-refractivity contribution in [1.82, 2.24) is 10.2 Å². The lowest BCUT2D eigenvalue weighted by atomic mass is 10.1. The van der Waals surface area contributed by atoms with Crippen molar-refractivity contribution in [2.45, 2.75) is 123 Å². The third kappa shape index (κ3) is 12.8. The maximum Gasteiger partial charge on any atom is 0.221 e. The van der Waals surface area contributed by atoms with Crippen molar-refractivity contribution in [1.29, 1.82) is 0 Å². The van der Waals surface area contributed by atoms with Crippen molar-refractivity contribution in [3.05, 3.63) is 12.2 Å². The Labute approximate surface area is 180 Å². The number of amidine groups is 1. The van der Waals surface area contributed by atoms with Crippen LogP contribution in [-0.2, 0) is 4.79 Å². The first-order valence-corrected chi connectivity index (χ1v) is 12.4. The van der Waals surface area contributed by atoms with E-state index in [2.05, 4.69) is 48.1 Å². The summed E-state index contributed by atoms with van der Waals surface area (Å²) in [5, 5.41) is 3.13. The van der Waals surface area contributed by atoms with E-state index in [-0.39, 0.29) is 12.1 Å². The average Bonchev–Trinajstić information content (AvgIpc) is 3.20. The summed E-state index contributed by atoms with van der Waals surface area (Å²) in [5.41, 5.74) is 0. The first kappa shape index (κ1) is 25.7. The van der Waals surface area contributed by atoms with Crippen LogP contribution in [0, 0.1) is 0 Å². The molecule has 4 heteroatoms. The van der Waals surface area contributed by atoms with Gasteiger partial charge in [-0.1, -0.05) is 77.4 Å². The highest BCUT2D eigenvalue weighted by molar-refractivity contribution is 5.84. The van der Waals surface area contributed by atoms with E-state index in [0.29, 0.717) is 6.42 Å². The molecular weight excluding hydrogens is 358 g/mol. The Bertz CT molecular complexity index is 473. The van der Waals surface area contributed by atoms with Crippen LogP contribution < -0.4 is 5.32 Å². The number of nitrogens with one attached hydrogen (secondary N) is 1. The molecule has 0 aromatic carbocycles. The molecule has 1 N–H and O–H groups in total. The molecule has 0 saturated carbocycles. The van der Waals surface area contributed by atoms with Gasteiger partial charge in [0.1, 0.15) is 5.84 Å². The van der Waals surface area contributed by atoms with Crippen LogP contribution in [0.2, 0.25) is 0 Å². The van der Waals surface area contributed by atoms with Gasteiger partial charge in [0.05, 0.1) is 12.7 Å². The van der Waals surface area contributed by atoms with Gasteiger partial charge in [-0.3, -0.25) is 9.79 Å². The lowest BCUT2D eigenvalue weighted by Gasteiger charge is -2.28. The Balaban J connectivity index is 1.89. The highest BCUT2D eigenvalue weighted by Gasteiger charge is 2.21. The molecule has 1 aliphatic heterocycles. The fourth-order valence-electron chi connectivity index (χ4n) is 3.98. The highest BCUT2D eigenvalue weighted by Crippen LogP contribution is 2.11. The summed E-state index contributed by atoms with van der Waals surface area (Å²) in [5.74, 6) is 1.30. The molecule has 1 heterocycles. The van der Waals surface area contributed by atoms with Crippen molar-refractivity contribution in [3.8, 4) is 0 Å². The molecule has 0 radical (unpaired) electrons. The van der Waals surface area contributed by atoms with Crippen LogP contribution in [0.15, 0.2) is 17.1 Å². The van der Waals surface area contributed by atoms with Crippen LogP contribution in [0.5, 0.6) is 0 Å². The third-order valence-corrected chi connectivity index (χ3v) is 5.79. The number of amides is 1. The number of carbonyl (C=O) groups is 1. The number of unbranched alkanes of at least 4 members (excludes halogenated alkanes) is 11. The monoisotopic (exact) mass is 405 g/mol. The van der Waals surface area contributed by atoms with Crippen LogP contribution in [0.3, 0.4) is 0 Å². The Morgan fingerprint density at radius 1 is 0.966 bits per heavy atom. The maximum absolute atomic E-state index is 12.2. The number of carbonyl (C=O) groups excluding carboxylic acids is 1. The molecule has 0 aromatic heterocycles. The van der Waals surface area contributed by atoms with Gasteiger partial charge in [-0.2, -0.15) is 0 Å². The summed E-state index contributed by atoms with van der Waals surface area (Å²) >= 11 is 0. The van der Waals surface area contributed by atoms with Gasteiger partial charge in [0, 0.05) is 19.4 Å². The lowest BCUT2D eigenvalue weighted by molar-refractivity contribution is -0.122. The van der Waals surface area contributed by atoms with E-state index in [4.69, 9.17) is 0 Å². The van der Waals surface area contributed by atoms with Crippen molar-refractivity contribution >= 4 is 11.7 Å². The van der Waals surface area contributed by atoms with Crippen molar-refractivity contribution in [3.63, 3.8) is 0 Å². The Morgan fingerprint density at radius 3 is 2.17 bits per heavy atom.